The number of halogens is 1. The zero-order chi connectivity index (χ0) is 19.7. The molecular weight excluding hydrogens is 375 g/mol. The lowest BCUT2D eigenvalue weighted by Gasteiger charge is -2.39. The number of nitrogens with zero attached hydrogens (tertiary/aromatic N) is 4. The van der Waals surface area contributed by atoms with Crippen molar-refractivity contribution < 1.29 is 9.18 Å². The fourth-order valence-corrected chi connectivity index (χ4v) is 5.45. The SMILES string of the molecule is CSc1nnc(C2CCCN(C(=O)C3(c4ccccc4F)CCCC3)C2)n1C. The van der Waals surface area contributed by atoms with Crippen molar-refractivity contribution in [2.45, 2.75) is 55.0 Å². The molecule has 1 saturated heterocycles. The fourth-order valence-electron chi connectivity index (χ4n) is 4.96. The molecule has 0 N–H and O–H groups in total. The number of hydrogen-bond donors (Lipinski definition) is 0. The summed E-state index contributed by atoms with van der Waals surface area (Å²) in [7, 11) is 1.99. The van der Waals surface area contributed by atoms with Crippen molar-refractivity contribution >= 4 is 17.7 Å². The number of likely N-dealkylation sites (tertiary alicyclic amines) is 1. The van der Waals surface area contributed by atoms with Gasteiger partial charge in [-0.25, -0.2) is 4.39 Å². The highest BCUT2D eigenvalue weighted by Crippen LogP contribution is 2.44. The standard InChI is InChI=1S/C21H27FN4OS/c1-25-18(23-24-20(25)28-2)15-8-7-13-26(14-15)19(27)21(11-5-6-12-21)16-9-3-4-10-17(16)22/h3-4,9-10,15H,5-8,11-14H2,1-2H3. The molecule has 2 aromatic rings. The van der Waals surface area contributed by atoms with Gasteiger partial charge in [0, 0.05) is 31.6 Å². The first-order valence-electron chi connectivity index (χ1n) is 10.0. The Morgan fingerprint density at radius 3 is 2.64 bits per heavy atom. The number of aromatic nitrogens is 3. The van der Waals surface area contributed by atoms with Gasteiger partial charge in [-0.3, -0.25) is 4.79 Å². The van der Waals surface area contributed by atoms with Gasteiger partial charge >= 0.3 is 0 Å². The van der Waals surface area contributed by atoms with Crippen molar-refractivity contribution in [2.24, 2.45) is 7.05 Å². The third-order valence-electron chi connectivity index (χ3n) is 6.38. The Balaban J connectivity index is 1.61. The molecule has 7 heteroatoms. The number of thioether (sulfide) groups is 1. The molecular formula is C21H27FN4OS. The van der Waals surface area contributed by atoms with E-state index >= 15 is 0 Å². The Labute approximate surface area is 169 Å². The first kappa shape index (κ1) is 19.4. The summed E-state index contributed by atoms with van der Waals surface area (Å²) < 4.78 is 16.7. The van der Waals surface area contributed by atoms with E-state index in [1.54, 1.807) is 23.9 Å². The predicted octanol–water partition coefficient (Wildman–Crippen LogP) is 3.89. The van der Waals surface area contributed by atoms with Gasteiger partial charge in [0.05, 0.1) is 5.41 Å². The van der Waals surface area contributed by atoms with Gasteiger partial charge in [0.1, 0.15) is 11.6 Å². The van der Waals surface area contributed by atoms with E-state index in [9.17, 15) is 9.18 Å². The molecule has 0 bridgehead atoms. The molecule has 28 heavy (non-hydrogen) atoms. The van der Waals surface area contributed by atoms with Crippen molar-refractivity contribution in [3.05, 3.63) is 41.5 Å². The fraction of sp³-hybridized carbons (Fsp3) is 0.571. The molecule has 1 aliphatic carbocycles. The Morgan fingerprint density at radius 1 is 1.21 bits per heavy atom. The third kappa shape index (κ3) is 3.23. The second-order valence-electron chi connectivity index (χ2n) is 7.96. The molecule has 0 radical (unpaired) electrons. The van der Waals surface area contributed by atoms with Crippen LogP contribution in [0.2, 0.25) is 0 Å². The van der Waals surface area contributed by atoms with E-state index < -0.39 is 5.41 Å². The van der Waals surface area contributed by atoms with Gasteiger partial charge in [-0.1, -0.05) is 42.8 Å². The average molecular weight is 403 g/mol. The second-order valence-corrected chi connectivity index (χ2v) is 8.74. The zero-order valence-electron chi connectivity index (χ0n) is 16.5. The molecule has 1 atom stereocenters. The maximum absolute atomic E-state index is 14.7. The number of piperidine rings is 1. The number of rotatable bonds is 4. The number of carbonyl (C=O) groups excluding carboxylic acids is 1. The van der Waals surface area contributed by atoms with Crippen LogP contribution in [-0.2, 0) is 17.3 Å². The molecule has 150 valence electrons. The van der Waals surface area contributed by atoms with E-state index in [4.69, 9.17) is 0 Å². The Kier molecular flexibility index (Phi) is 5.45. The molecule has 5 nitrogen and oxygen atoms in total. The normalized spacial score (nSPS) is 21.8. The molecule has 1 unspecified atom stereocenters. The molecule has 0 spiro atoms. The van der Waals surface area contributed by atoms with Crippen LogP contribution in [0, 0.1) is 5.82 Å². The number of benzene rings is 1. The van der Waals surface area contributed by atoms with Gasteiger partial charge in [-0.2, -0.15) is 0 Å². The van der Waals surface area contributed by atoms with Gasteiger partial charge in [0.15, 0.2) is 5.16 Å². The van der Waals surface area contributed by atoms with Crippen LogP contribution in [0.3, 0.4) is 0 Å². The summed E-state index contributed by atoms with van der Waals surface area (Å²) >= 11 is 1.57. The van der Waals surface area contributed by atoms with Crippen LogP contribution in [0.25, 0.3) is 0 Å². The monoisotopic (exact) mass is 402 g/mol. The van der Waals surface area contributed by atoms with Crippen molar-refractivity contribution in [3.8, 4) is 0 Å². The van der Waals surface area contributed by atoms with E-state index in [-0.39, 0.29) is 17.6 Å². The van der Waals surface area contributed by atoms with E-state index in [2.05, 4.69) is 10.2 Å². The molecule has 2 heterocycles. The quantitative estimate of drug-likeness (QED) is 0.728. The van der Waals surface area contributed by atoms with Gasteiger partial charge < -0.3 is 9.47 Å². The van der Waals surface area contributed by atoms with E-state index in [1.807, 2.05) is 28.8 Å². The topological polar surface area (TPSA) is 51.0 Å². The highest BCUT2D eigenvalue weighted by molar-refractivity contribution is 7.98. The van der Waals surface area contributed by atoms with Crippen molar-refractivity contribution in [2.75, 3.05) is 19.3 Å². The molecule has 1 amide bonds. The van der Waals surface area contributed by atoms with Crippen molar-refractivity contribution in [1.29, 1.82) is 0 Å². The highest BCUT2D eigenvalue weighted by atomic mass is 32.2. The smallest absolute Gasteiger partial charge is 0.233 e. The Morgan fingerprint density at radius 2 is 1.96 bits per heavy atom. The number of amides is 1. The average Bonchev–Trinajstić information content (AvgIpc) is 3.35. The third-order valence-corrected chi connectivity index (χ3v) is 7.10. The number of hydrogen-bond acceptors (Lipinski definition) is 4. The summed E-state index contributed by atoms with van der Waals surface area (Å²) in [6, 6.07) is 6.81. The molecule has 1 aliphatic heterocycles. The van der Waals surface area contributed by atoms with Gasteiger partial charge in [-0.15, -0.1) is 10.2 Å². The van der Waals surface area contributed by atoms with Crippen LogP contribution in [0.4, 0.5) is 4.39 Å². The van der Waals surface area contributed by atoms with Crippen molar-refractivity contribution in [3.63, 3.8) is 0 Å². The Bertz CT molecular complexity index is 862. The van der Waals surface area contributed by atoms with Crippen LogP contribution < -0.4 is 0 Å². The van der Waals surface area contributed by atoms with Gasteiger partial charge in [0.25, 0.3) is 0 Å². The maximum atomic E-state index is 14.7. The van der Waals surface area contributed by atoms with Crippen LogP contribution in [0.5, 0.6) is 0 Å². The minimum atomic E-state index is -0.711. The minimum Gasteiger partial charge on any atom is -0.341 e. The van der Waals surface area contributed by atoms with Crippen LogP contribution in [0.15, 0.2) is 29.4 Å². The zero-order valence-corrected chi connectivity index (χ0v) is 17.3. The lowest BCUT2D eigenvalue weighted by atomic mass is 9.76. The van der Waals surface area contributed by atoms with Gasteiger partial charge in [0.2, 0.25) is 5.91 Å². The summed E-state index contributed by atoms with van der Waals surface area (Å²) in [4.78, 5) is 15.7. The lowest BCUT2D eigenvalue weighted by Crippen LogP contribution is -2.49. The summed E-state index contributed by atoms with van der Waals surface area (Å²) in [5, 5.41) is 9.52. The second kappa shape index (κ2) is 7.85. The molecule has 2 aliphatic rings. The maximum Gasteiger partial charge on any atom is 0.233 e. The van der Waals surface area contributed by atoms with Crippen LogP contribution >= 0.6 is 11.8 Å². The minimum absolute atomic E-state index is 0.0899. The van der Waals surface area contributed by atoms with E-state index in [1.165, 1.54) is 6.07 Å². The molecule has 4 rings (SSSR count). The predicted molar refractivity (Wildman–Crippen MR) is 108 cm³/mol. The summed E-state index contributed by atoms with van der Waals surface area (Å²) in [5.41, 5.74) is -0.139. The van der Waals surface area contributed by atoms with Gasteiger partial charge in [-0.05, 0) is 38.0 Å². The number of carbonyl (C=O) groups is 1. The van der Waals surface area contributed by atoms with Crippen molar-refractivity contribution in [1.82, 2.24) is 19.7 Å². The van der Waals surface area contributed by atoms with E-state index in [0.717, 1.165) is 56.1 Å². The van der Waals surface area contributed by atoms with Crippen LogP contribution in [0.1, 0.15) is 55.8 Å². The molecule has 1 saturated carbocycles. The Hall–Kier alpha value is -1.89. The molecule has 1 aromatic carbocycles. The largest absolute Gasteiger partial charge is 0.341 e. The van der Waals surface area contributed by atoms with E-state index in [0.29, 0.717) is 12.1 Å². The van der Waals surface area contributed by atoms with Crippen LogP contribution in [-0.4, -0.2) is 44.9 Å². The lowest BCUT2D eigenvalue weighted by molar-refractivity contribution is -0.138. The summed E-state index contributed by atoms with van der Waals surface area (Å²) in [6.07, 6.45) is 7.32. The summed E-state index contributed by atoms with van der Waals surface area (Å²) in [6.45, 7) is 1.37. The highest BCUT2D eigenvalue weighted by Gasteiger charge is 2.47. The first-order chi connectivity index (χ1) is 13.6. The molecule has 2 fully saturated rings. The summed E-state index contributed by atoms with van der Waals surface area (Å²) in [5.74, 6) is 0.944. The molecule has 1 aromatic heterocycles. The first-order valence-corrected chi connectivity index (χ1v) is 11.3.